The first kappa shape index (κ1) is 18.2. The Labute approximate surface area is 175 Å². The maximum absolute atomic E-state index is 6.49. The molecule has 0 bridgehead atoms. The van der Waals surface area contributed by atoms with E-state index in [-0.39, 0.29) is 0 Å². The zero-order chi connectivity index (χ0) is 19.3. The Morgan fingerprint density at radius 1 is 1.00 bits per heavy atom. The van der Waals surface area contributed by atoms with E-state index in [1.807, 2.05) is 30.3 Å². The molecule has 3 aromatic rings. The number of imidazole rings is 1. The molecule has 3 nitrogen and oxygen atoms in total. The predicted molar refractivity (Wildman–Crippen MR) is 115 cm³/mol. The number of fused-ring (bicyclic) bond motifs is 2. The molecule has 1 aliphatic heterocycles. The number of hydrogen-bond donors (Lipinski definition) is 0. The Bertz CT molecular complexity index is 1040. The van der Waals surface area contributed by atoms with Crippen LogP contribution in [-0.4, -0.2) is 27.0 Å². The minimum Gasteiger partial charge on any atom is -0.331 e. The van der Waals surface area contributed by atoms with Gasteiger partial charge in [-0.3, -0.25) is 4.90 Å². The van der Waals surface area contributed by atoms with Gasteiger partial charge >= 0.3 is 0 Å². The Kier molecular flexibility index (Phi) is 4.70. The summed E-state index contributed by atoms with van der Waals surface area (Å²) in [5, 5.41) is 1.67. The maximum Gasteiger partial charge on any atom is 0.141 e. The van der Waals surface area contributed by atoms with Gasteiger partial charge in [-0.25, -0.2) is 4.98 Å². The van der Waals surface area contributed by atoms with E-state index in [4.69, 9.17) is 28.2 Å². The largest absolute Gasteiger partial charge is 0.331 e. The monoisotopic (exact) mass is 411 g/mol. The van der Waals surface area contributed by atoms with Gasteiger partial charge in [-0.2, -0.15) is 0 Å². The fourth-order valence-electron chi connectivity index (χ4n) is 4.78. The lowest BCUT2D eigenvalue weighted by Crippen LogP contribution is -2.42. The van der Waals surface area contributed by atoms with Crippen molar-refractivity contribution in [2.75, 3.05) is 6.54 Å². The van der Waals surface area contributed by atoms with Crippen molar-refractivity contribution in [1.82, 2.24) is 14.5 Å². The molecule has 1 unspecified atom stereocenters. The highest BCUT2D eigenvalue weighted by Gasteiger charge is 2.30. The molecule has 1 atom stereocenters. The number of nitrogens with zero attached hydrogens (tertiary/aromatic N) is 3. The van der Waals surface area contributed by atoms with Crippen LogP contribution in [0.2, 0.25) is 10.0 Å². The second kappa shape index (κ2) is 7.22. The highest BCUT2D eigenvalue weighted by Crippen LogP contribution is 2.34. The first-order valence-electron chi connectivity index (χ1n) is 9.91. The van der Waals surface area contributed by atoms with Crippen LogP contribution >= 0.6 is 23.2 Å². The molecule has 144 valence electrons. The lowest BCUT2D eigenvalue weighted by atomic mass is 9.87. The van der Waals surface area contributed by atoms with E-state index in [1.165, 1.54) is 28.9 Å². The predicted octanol–water partition coefficient (Wildman–Crippen LogP) is 5.31. The summed E-state index contributed by atoms with van der Waals surface area (Å²) in [6, 6.07) is 14.8. The van der Waals surface area contributed by atoms with Crippen molar-refractivity contribution in [2.45, 2.75) is 38.3 Å². The molecule has 28 heavy (non-hydrogen) atoms. The van der Waals surface area contributed by atoms with Crippen molar-refractivity contribution in [1.29, 1.82) is 0 Å². The number of rotatable bonds is 2. The molecular weight excluding hydrogens is 389 g/mol. The minimum absolute atomic E-state index is 0.534. The van der Waals surface area contributed by atoms with Crippen molar-refractivity contribution < 1.29 is 0 Å². The Morgan fingerprint density at radius 2 is 1.82 bits per heavy atom. The summed E-state index contributed by atoms with van der Waals surface area (Å²) in [5.41, 5.74) is 6.28. The topological polar surface area (TPSA) is 21.1 Å². The Balaban J connectivity index is 1.41. The van der Waals surface area contributed by atoms with Gasteiger partial charge < -0.3 is 4.57 Å². The molecule has 0 saturated carbocycles. The van der Waals surface area contributed by atoms with Gasteiger partial charge in [0.15, 0.2) is 0 Å². The molecule has 0 radical (unpaired) electrons. The smallest absolute Gasteiger partial charge is 0.141 e. The number of hydrogen-bond acceptors (Lipinski definition) is 2. The van der Waals surface area contributed by atoms with Crippen LogP contribution in [0.5, 0.6) is 0 Å². The third-order valence-corrected chi connectivity index (χ3v) is 7.00. The second-order valence-corrected chi connectivity index (χ2v) is 8.68. The van der Waals surface area contributed by atoms with Gasteiger partial charge in [0.2, 0.25) is 0 Å². The molecule has 1 aliphatic carbocycles. The maximum atomic E-state index is 6.49. The molecule has 0 saturated heterocycles. The van der Waals surface area contributed by atoms with Crippen molar-refractivity contribution in [3.63, 3.8) is 0 Å². The van der Waals surface area contributed by atoms with Crippen LogP contribution in [0.1, 0.15) is 28.9 Å². The summed E-state index contributed by atoms with van der Waals surface area (Å²) < 4.78 is 2.22. The quantitative estimate of drug-likeness (QED) is 0.569. The van der Waals surface area contributed by atoms with Crippen molar-refractivity contribution in [3.8, 4) is 11.4 Å². The van der Waals surface area contributed by atoms with Crippen LogP contribution < -0.4 is 0 Å². The molecule has 2 aromatic carbocycles. The van der Waals surface area contributed by atoms with Gasteiger partial charge in [0.05, 0.1) is 10.7 Å². The summed E-state index contributed by atoms with van der Waals surface area (Å²) in [6.07, 6.45) is 4.35. The molecule has 2 aliphatic rings. The molecule has 5 rings (SSSR count). The summed E-state index contributed by atoms with van der Waals surface area (Å²) in [5.74, 6) is 0.967. The van der Waals surface area contributed by atoms with Crippen LogP contribution in [0.25, 0.3) is 11.4 Å². The summed E-state index contributed by atoms with van der Waals surface area (Å²) in [6.45, 7) is 1.97. The second-order valence-electron chi connectivity index (χ2n) is 7.86. The Morgan fingerprint density at radius 3 is 2.68 bits per heavy atom. The summed E-state index contributed by atoms with van der Waals surface area (Å²) >= 11 is 12.9. The van der Waals surface area contributed by atoms with E-state index in [0.29, 0.717) is 6.04 Å². The third kappa shape index (κ3) is 3.06. The molecular formula is C23H23Cl2N3. The number of aryl methyl sites for hydroxylation is 1. The fraction of sp³-hybridized carbons (Fsp3) is 0.348. The Hall–Kier alpha value is -1.81. The summed E-state index contributed by atoms with van der Waals surface area (Å²) in [4.78, 5) is 7.59. The zero-order valence-electron chi connectivity index (χ0n) is 16.0. The van der Waals surface area contributed by atoms with Crippen LogP contribution in [0.3, 0.4) is 0 Å². The lowest BCUT2D eigenvalue weighted by Gasteiger charge is -2.37. The number of aromatic nitrogens is 2. The average molecular weight is 412 g/mol. The highest BCUT2D eigenvalue weighted by molar-refractivity contribution is 6.33. The van der Waals surface area contributed by atoms with Gasteiger partial charge in [-0.1, -0.05) is 47.5 Å². The normalized spacial score (nSPS) is 19.3. The van der Waals surface area contributed by atoms with Crippen molar-refractivity contribution >= 4 is 23.2 Å². The summed E-state index contributed by atoms with van der Waals surface area (Å²) in [7, 11) is 2.11. The van der Waals surface area contributed by atoms with Crippen LogP contribution in [0, 0.1) is 0 Å². The van der Waals surface area contributed by atoms with Gasteiger partial charge in [0.1, 0.15) is 5.82 Å². The van der Waals surface area contributed by atoms with Gasteiger partial charge in [-0.05, 0) is 48.6 Å². The van der Waals surface area contributed by atoms with E-state index in [0.717, 1.165) is 53.8 Å². The van der Waals surface area contributed by atoms with Crippen LogP contribution in [0.4, 0.5) is 0 Å². The molecule has 0 spiro atoms. The zero-order valence-corrected chi connectivity index (χ0v) is 17.5. The van der Waals surface area contributed by atoms with E-state index < -0.39 is 0 Å². The number of halogens is 2. The molecule has 0 N–H and O–H groups in total. The standard InChI is InChI=1S/C23H23Cl2N3/c1-27-22-11-12-28(16-10-9-15-5-4-8-20(25)18(15)13-16)14-21(22)26-23(27)17-6-2-3-7-19(17)24/h2-8,16H,9-14H2,1H3. The molecule has 0 amide bonds. The first-order chi connectivity index (χ1) is 13.6. The van der Waals surface area contributed by atoms with Crippen LogP contribution in [0.15, 0.2) is 42.5 Å². The fourth-order valence-corrected chi connectivity index (χ4v) is 5.27. The first-order valence-corrected chi connectivity index (χ1v) is 10.7. The van der Waals surface area contributed by atoms with Crippen LogP contribution in [-0.2, 0) is 32.9 Å². The lowest BCUT2D eigenvalue weighted by molar-refractivity contribution is 0.160. The molecule has 2 heterocycles. The minimum atomic E-state index is 0.534. The van der Waals surface area contributed by atoms with Crippen molar-refractivity contribution in [3.05, 3.63) is 75.0 Å². The third-order valence-electron chi connectivity index (χ3n) is 6.32. The van der Waals surface area contributed by atoms with E-state index in [9.17, 15) is 0 Å². The van der Waals surface area contributed by atoms with Crippen molar-refractivity contribution in [2.24, 2.45) is 7.05 Å². The van der Waals surface area contributed by atoms with Gasteiger partial charge in [0, 0.05) is 48.9 Å². The van der Waals surface area contributed by atoms with E-state index in [1.54, 1.807) is 0 Å². The molecule has 1 aromatic heterocycles. The molecule has 5 heteroatoms. The van der Waals surface area contributed by atoms with E-state index >= 15 is 0 Å². The molecule has 0 fully saturated rings. The highest BCUT2D eigenvalue weighted by atomic mass is 35.5. The van der Waals surface area contributed by atoms with E-state index in [2.05, 4.69) is 28.6 Å². The number of benzene rings is 2. The van der Waals surface area contributed by atoms with Gasteiger partial charge in [-0.15, -0.1) is 0 Å². The van der Waals surface area contributed by atoms with Gasteiger partial charge in [0.25, 0.3) is 0 Å². The SMILES string of the molecule is Cn1c(-c2ccccc2Cl)nc2c1CCN(C1CCc3cccc(Cl)c3C1)C2. The average Bonchev–Trinajstić information content (AvgIpc) is 3.04.